The van der Waals surface area contributed by atoms with Crippen LogP contribution >= 0.6 is 0 Å². The molecule has 5 aromatic carbocycles. The first kappa shape index (κ1) is 54.9. The Labute approximate surface area is 368 Å². The van der Waals surface area contributed by atoms with Gasteiger partial charge in [-0.25, -0.2) is 35.1 Å². The molecule has 324 valence electrons. The largest absolute Gasteiger partial charge is 2.00 e. The normalized spacial score (nSPS) is 10.4. The van der Waals surface area contributed by atoms with Gasteiger partial charge in [0.25, 0.3) is 0 Å². The van der Waals surface area contributed by atoms with Crippen LogP contribution in [-0.4, -0.2) is 0 Å². The summed E-state index contributed by atoms with van der Waals surface area (Å²) in [5, 5.41) is 9.56. The molecule has 5 aromatic rings. The number of hydrogen-bond acceptors (Lipinski definition) is 1. The maximum Gasteiger partial charge on any atom is 2.00 e. The van der Waals surface area contributed by atoms with E-state index >= 15 is 0 Å². The number of rotatable bonds is 11. The minimum atomic E-state index is -1.63. The van der Waals surface area contributed by atoms with Gasteiger partial charge in [0.05, 0.1) is 11.6 Å². The third-order valence-corrected chi connectivity index (χ3v) is 8.54. The van der Waals surface area contributed by atoms with Crippen LogP contribution in [0.15, 0.2) is 18.2 Å². The Bertz CT molecular complexity index is 2150. The molecule has 1 nitrogen and oxygen atoms in total. The fourth-order valence-electron chi connectivity index (χ4n) is 5.47. The Morgan fingerprint density at radius 2 is 0.689 bits per heavy atom. The summed E-state index contributed by atoms with van der Waals surface area (Å²) < 4.78 is 209. The minimum absolute atomic E-state index is 0. The van der Waals surface area contributed by atoms with Crippen molar-refractivity contribution in [2.75, 3.05) is 0 Å². The van der Waals surface area contributed by atoms with E-state index in [1.165, 1.54) is 24.3 Å². The maximum absolute atomic E-state index is 13.8. The summed E-state index contributed by atoms with van der Waals surface area (Å²) in [7, 11) is 0. The second-order valence-electron chi connectivity index (χ2n) is 12.5. The van der Waals surface area contributed by atoms with Crippen LogP contribution in [0.1, 0.15) is 71.6 Å². The molecule has 0 aliphatic heterocycles. The van der Waals surface area contributed by atoms with Crippen LogP contribution in [0.25, 0.3) is 0 Å². The zero-order valence-corrected chi connectivity index (χ0v) is 37.3. The van der Waals surface area contributed by atoms with E-state index in [4.69, 9.17) is 0 Å². The van der Waals surface area contributed by atoms with Crippen LogP contribution in [0.5, 0.6) is 0 Å². The molecule has 0 fully saturated rings. The van der Waals surface area contributed by atoms with Crippen molar-refractivity contribution in [2.45, 2.75) is 71.6 Å². The number of unbranched alkanes of at least 4 members (excludes halogenated alkanes) is 1. The van der Waals surface area contributed by atoms with E-state index in [9.17, 15) is 75.5 Å². The predicted molar refractivity (Wildman–Crippen MR) is 179 cm³/mol. The summed E-state index contributed by atoms with van der Waals surface area (Å²) in [6.45, 7) is 2.77. The molecule has 0 atom stereocenters. The smallest absolute Gasteiger partial charge is 0.281 e. The molecule has 0 spiro atoms. The van der Waals surface area contributed by atoms with E-state index < -0.39 is 115 Å². The molecule has 61 heavy (non-hydrogen) atoms. The third kappa shape index (κ3) is 13.9. The molecule has 19 heteroatoms. The van der Waals surface area contributed by atoms with Crippen molar-refractivity contribution in [1.82, 2.24) is 0 Å². The van der Waals surface area contributed by atoms with E-state index in [2.05, 4.69) is 0 Å². The van der Waals surface area contributed by atoms with Crippen molar-refractivity contribution >= 4 is 0 Å². The zero-order valence-electron chi connectivity index (χ0n) is 31.4. The monoisotopic (exact) mass is 1220 g/mol. The Hall–Kier alpha value is -4.15. The van der Waals surface area contributed by atoms with Crippen molar-refractivity contribution in [1.29, 1.82) is 5.26 Å². The van der Waals surface area contributed by atoms with Crippen LogP contribution in [-0.2, 0) is 74.2 Å². The second-order valence-corrected chi connectivity index (χ2v) is 12.5. The van der Waals surface area contributed by atoms with Crippen molar-refractivity contribution in [3.63, 3.8) is 0 Å². The fourth-order valence-corrected chi connectivity index (χ4v) is 5.47. The predicted octanol–water partition coefficient (Wildman–Crippen LogP) is 12.4. The van der Waals surface area contributed by atoms with E-state index in [1.54, 1.807) is 18.2 Å². The van der Waals surface area contributed by atoms with Gasteiger partial charge in [0, 0.05) is 93.1 Å². The first-order valence-electron chi connectivity index (χ1n) is 17.2. The van der Waals surface area contributed by atoms with Gasteiger partial charge < -0.3 is 0 Å². The van der Waals surface area contributed by atoms with Gasteiger partial charge in [-0.15, -0.1) is 24.3 Å². The second kappa shape index (κ2) is 25.1. The first-order valence-corrected chi connectivity index (χ1v) is 17.2. The molecular weight excluding hydrogens is 1190 g/mol. The van der Waals surface area contributed by atoms with E-state index in [-0.39, 0.29) is 92.6 Å². The fraction of sp³-hybridized carbons (Fsp3) is 0.262. The molecule has 0 amide bonds. The SMILES string of the molecule is CCCCc1c(F)c(F)[c-]c(F)c1F.Cc1c(F)c(F)[c-]c(F)c1F.N#Cc1c(CCCc2c(F)c(F)[c-]c(F)c2F)cccc1CCCc1c(F)c(F)[c-]c(F)c1F.[W+2].[W+2]. The summed E-state index contributed by atoms with van der Waals surface area (Å²) in [5.41, 5.74) is -1.50. The zero-order chi connectivity index (χ0) is 44.3. The molecule has 0 N–H and O–H groups in total. The molecule has 0 saturated carbocycles. The van der Waals surface area contributed by atoms with E-state index in [1.807, 2.05) is 13.0 Å². The average Bonchev–Trinajstić information content (AvgIpc) is 3.20. The van der Waals surface area contributed by atoms with Crippen LogP contribution in [0.2, 0.25) is 0 Å². The molecule has 5 rings (SSSR count). The molecule has 0 aromatic heterocycles. The number of benzene rings is 5. The Balaban J connectivity index is 0.000000565. The summed E-state index contributed by atoms with van der Waals surface area (Å²) in [6.07, 6.45) is 0.909. The molecule has 0 aliphatic carbocycles. The number of nitrogens with zero attached hydrogens (tertiary/aromatic N) is 1. The molecule has 0 bridgehead atoms. The van der Waals surface area contributed by atoms with Crippen LogP contribution in [0.4, 0.5) is 70.2 Å². The average molecular weight is 1220 g/mol. The van der Waals surface area contributed by atoms with Crippen molar-refractivity contribution in [3.8, 4) is 6.07 Å². The van der Waals surface area contributed by atoms with Gasteiger partial charge in [-0.2, -0.15) is 5.26 Å². The summed E-state index contributed by atoms with van der Waals surface area (Å²) >= 11 is 0. The van der Waals surface area contributed by atoms with Gasteiger partial charge in [-0.3, -0.25) is 35.1 Å². The van der Waals surface area contributed by atoms with Crippen molar-refractivity contribution in [2.24, 2.45) is 0 Å². The van der Waals surface area contributed by atoms with Crippen molar-refractivity contribution in [3.05, 3.63) is 174 Å². The molecule has 0 saturated heterocycles. The maximum atomic E-state index is 13.8. The molecular formula is C42H27F16NW2. The van der Waals surface area contributed by atoms with Gasteiger partial charge in [-0.05, 0) is 56.1 Å². The summed E-state index contributed by atoms with van der Waals surface area (Å²) in [5.74, 6) is -24.0. The van der Waals surface area contributed by atoms with Crippen molar-refractivity contribution < 1.29 is 112 Å². The first-order chi connectivity index (χ1) is 27.8. The summed E-state index contributed by atoms with van der Waals surface area (Å²) in [4.78, 5) is 0. The molecule has 0 unspecified atom stereocenters. The van der Waals surface area contributed by atoms with Crippen LogP contribution in [0.3, 0.4) is 0 Å². The van der Waals surface area contributed by atoms with Gasteiger partial charge in [0.15, 0.2) is 0 Å². The van der Waals surface area contributed by atoms with Crippen LogP contribution < -0.4 is 0 Å². The van der Waals surface area contributed by atoms with Gasteiger partial charge in [0.2, 0.25) is 0 Å². The molecule has 0 aliphatic rings. The number of aryl methyl sites for hydroxylation is 2. The number of halogens is 16. The summed E-state index contributed by atoms with van der Waals surface area (Å²) in [6, 6.07) is 12.0. The van der Waals surface area contributed by atoms with Gasteiger partial charge in [0.1, 0.15) is 0 Å². The molecule has 0 heterocycles. The third-order valence-electron chi connectivity index (χ3n) is 8.54. The molecule has 0 radical (unpaired) electrons. The quantitative estimate of drug-likeness (QED) is 0.0735. The Kier molecular flexibility index (Phi) is 22.6. The van der Waals surface area contributed by atoms with Gasteiger partial charge >= 0.3 is 42.1 Å². The van der Waals surface area contributed by atoms with Gasteiger partial charge in [-0.1, -0.05) is 67.1 Å². The van der Waals surface area contributed by atoms with Crippen LogP contribution in [0, 0.1) is 136 Å². The number of hydrogen-bond donors (Lipinski definition) is 0. The Morgan fingerprint density at radius 3 is 0.951 bits per heavy atom. The van der Waals surface area contributed by atoms with E-state index in [0.717, 1.165) is 6.92 Å². The minimum Gasteiger partial charge on any atom is -0.281 e. The topological polar surface area (TPSA) is 23.8 Å². The number of nitriles is 1. The van der Waals surface area contributed by atoms with E-state index in [0.29, 0.717) is 24.0 Å². The standard InChI is InChI=1S/C25H15F8N.C10H9F4.C7H3F4.2W/c26-18-10-19(27)23(31)15(22(18)30)8-2-6-13-4-1-5-14(17(13)12-34)7-3-9-16-24(32)20(28)11-21(29)25(16)33;1-2-3-4-6-9(13)7(11)5-8(12)10(6)14;1-3-6(10)4(8)2-5(9)7(3)11;;/h1,4-5H,2-3,6-9H2;2-4H2,1H3;1H3;;/q-2;2*-1;2*+2. The Morgan fingerprint density at radius 1 is 0.426 bits per heavy atom.